The molecule has 0 bridgehead atoms. The van der Waals surface area contributed by atoms with Crippen LogP contribution in [0, 0.1) is 5.41 Å². The lowest BCUT2D eigenvalue weighted by Gasteiger charge is -2.19. The van der Waals surface area contributed by atoms with Crippen LogP contribution >= 0.6 is 0 Å². The van der Waals surface area contributed by atoms with Gasteiger partial charge in [-0.2, -0.15) is 0 Å². The Hall–Kier alpha value is -3.05. The van der Waals surface area contributed by atoms with E-state index in [1.165, 1.54) is 30.3 Å². The van der Waals surface area contributed by atoms with Gasteiger partial charge < -0.3 is 11.1 Å². The van der Waals surface area contributed by atoms with Crippen LogP contribution in [-0.2, 0) is 6.42 Å². The second kappa shape index (κ2) is 13.3. The topological polar surface area (TPSA) is 86.6 Å². The molecule has 4 N–H and O–H groups in total. The van der Waals surface area contributed by atoms with E-state index in [9.17, 15) is 0 Å². The molecule has 0 fully saturated rings. The minimum atomic E-state index is 0.295. The Bertz CT molecular complexity index is 882. The summed E-state index contributed by atoms with van der Waals surface area (Å²) < 4.78 is 0. The monoisotopic (exact) mass is 417 g/mol. The van der Waals surface area contributed by atoms with Crippen molar-refractivity contribution in [2.45, 2.75) is 52.0 Å². The number of unbranched alkanes of at least 4 members (excludes halogenated alkanes) is 1. The van der Waals surface area contributed by atoms with Crippen molar-refractivity contribution < 1.29 is 0 Å². The molecule has 0 saturated heterocycles. The third kappa shape index (κ3) is 7.95. The highest BCUT2D eigenvalue weighted by Crippen LogP contribution is 2.15. The molecule has 0 amide bonds. The molecule has 2 rings (SSSR count). The first-order valence-corrected chi connectivity index (χ1v) is 11.0. The summed E-state index contributed by atoms with van der Waals surface area (Å²) in [5.74, 6) is 0.295. The minimum absolute atomic E-state index is 0.295. The van der Waals surface area contributed by atoms with Crippen molar-refractivity contribution in [1.29, 1.82) is 5.41 Å². The molecule has 0 heterocycles. The van der Waals surface area contributed by atoms with Crippen LogP contribution in [0.2, 0.25) is 0 Å². The predicted octanol–water partition coefficient (Wildman–Crippen LogP) is 5.10. The molecule has 0 aliphatic rings. The number of hydrogen-bond acceptors (Lipinski definition) is 4. The Morgan fingerprint density at radius 2 is 1.77 bits per heavy atom. The maximum Gasteiger partial charge on any atom is 0.131 e. The fourth-order valence-corrected chi connectivity index (χ4v) is 3.43. The SMILES string of the molecule is C=N/C=N\C(N)=C(/CNC(CC)CCCC)C(=N)c1ccc(Cc2ccccc2)cc1. The van der Waals surface area contributed by atoms with Crippen molar-refractivity contribution in [2.24, 2.45) is 15.7 Å². The van der Waals surface area contributed by atoms with E-state index in [-0.39, 0.29) is 0 Å². The van der Waals surface area contributed by atoms with Crippen LogP contribution < -0.4 is 11.1 Å². The molecule has 1 unspecified atom stereocenters. The Labute approximate surface area is 186 Å². The fourth-order valence-electron chi connectivity index (χ4n) is 3.43. The lowest BCUT2D eigenvalue weighted by Crippen LogP contribution is -2.33. The summed E-state index contributed by atoms with van der Waals surface area (Å²) in [4.78, 5) is 7.80. The number of nitrogens with two attached hydrogens (primary N) is 1. The Kier molecular flexibility index (Phi) is 10.4. The summed E-state index contributed by atoms with van der Waals surface area (Å²) in [7, 11) is 0. The molecule has 2 aromatic rings. The third-order valence-electron chi connectivity index (χ3n) is 5.35. The molecule has 164 valence electrons. The molecule has 5 nitrogen and oxygen atoms in total. The zero-order chi connectivity index (χ0) is 22.5. The van der Waals surface area contributed by atoms with Crippen LogP contribution in [0.15, 0.2) is 76.0 Å². The summed E-state index contributed by atoms with van der Waals surface area (Å²) in [6.07, 6.45) is 6.68. The average molecular weight is 418 g/mol. The number of rotatable bonds is 13. The molecular formula is C26H35N5. The second-order valence-corrected chi connectivity index (χ2v) is 7.65. The van der Waals surface area contributed by atoms with Crippen LogP contribution in [0.1, 0.15) is 56.2 Å². The van der Waals surface area contributed by atoms with Gasteiger partial charge in [0, 0.05) is 18.2 Å². The van der Waals surface area contributed by atoms with Crippen molar-refractivity contribution in [3.63, 3.8) is 0 Å². The quantitative estimate of drug-likeness (QED) is 0.313. The third-order valence-corrected chi connectivity index (χ3v) is 5.35. The van der Waals surface area contributed by atoms with Crippen LogP contribution in [0.5, 0.6) is 0 Å². The second-order valence-electron chi connectivity index (χ2n) is 7.65. The van der Waals surface area contributed by atoms with E-state index >= 15 is 0 Å². The fraction of sp³-hybridized carbons (Fsp3) is 0.346. The van der Waals surface area contributed by atoms with E-state index in [1.807, 2.05) is 18.2 Å². The zero-order valence-electron chi connectivity index (χ0n) is 18.8. The van der Waals surface area contributed by atoms with Crippen molar-refractivity contribution in [3.05, 3.63) is 82.7 Å². The van der Waals surface area contributed by atoms with Crippen LogP contribution in [0.25, 0.3) is 0 Å². The lowest BCUT2D eigenvalue weighted by atomic mass is 9.98. The highest BCUT2D eigenvalue weighted by molar-refractivity contribution is 6.11. The first kappa shape index (κ1) is 24.2. The number of hydrogen-bond donors (Lipinski definition) is 3. The maximum absolute atomic E-state index is 8.79. The number of benzene rings is 2. The molecule has 0 aliphatic carbocycles. The van der Waals surface area contributed by atoms with Crippen LogP contribution in [0.4, 0.5) is 0 Å². The number of nitrogens with zero attached hydrogens (tertiary/aromatic N) is 2. The van der Waals surface area contributed by atoms with Crippen LogP contribution in [0.3, 0.4) is 0 Å². The van der Waals surface area contributed by atoms with Gasteiger partial charge in [-0.1, -0.05) is 81.3 Å². The Balaban J connectivity index is 2.17. The van der Waals surface area contributed by atoms with Crippen LogP contribution in [-0.4, -0.2) is 31.4 Å². The molecule has 0 spiro atoms. The summed E-state index contributed by atoms with van der Waals surface area (Å²) in [6.45, 7) is 8.28. The summed E-state index contributed by atoms with van der Waals surface area (Å²) in [5.41, 5.74) is 10.6. The molecule has 5 heteroatoms. The molecule has 0 aromatic heterocycles. The molecule has 31 heavy (non-hydrogen) atoms. The van der Waals surface area contributed by atoms with E-state index in [1.54, 1.807) is 0 Å². The van der Waals surface area contributed by atoms with Gasteiger partial charge in [-0.15, -0.1) is 0 Å². The highest BCUT2D eigenvalue weighted by Gasteiger charge is 2.15. The molecular weight excluding hydrogens is 382 g/mol. The summed E-state index contributed by atoms with van der Waals surface area (Å²) in [6, 6.07) is 18.9. The van der Waals surface area contributed by atoms with Gasteiger partial charge in [0.2, 0.25) is 0 Å². The highest BCUT2D eigenvalue weighted by atomic mass is 15.0. The Morgan fingerprint density at radius 1 is 1.10 bits per heavy atom. The van der Waals surface area contributed by atoms with E-state index in [0.29, 0.717) is 29.7 Å². The van der Waals surface area contributed by atoms with E-state index < -0.39 is 0 Å². The van der Waals surface area contributed by atoms with Crippen molar-refractivity contribution in [3.8, 4) is 0 Å². The molecule has 0 radical (unpaired) electrons. The zero-order valence-corrected chi connectivity index (χ0v) is 18.8. The van der Waals surface area contributed by atoms with Gasteiger partial charge >= 0.3 is 0 Å². The van der Waals surface area contributed by atoms with Gasteiger partial charge in [0.15, 0.2) is 0 Å². The first-order chi connectivity index (χ1) is 15.1. The van der Waals surface area contributed by atoms with Crippen molar-refractivity contribution in [2.75, 3.05) is 6.54 Å². The van der Waals surface area contributed by atoms with Crippen molar-refractivity contribution >= 4 is 18.8 Å². The normalized spacial score (nSPS) is 13.1. The first-order valence-electron chi connectivity index (χ1n) is 11.0. The molecule has 1 atom stereocenters. The molecule has 0 aliphatic heterocycles. The number of aliphatic imine (C=N–C) groups is 2. The molecule has 2 aromatic carbocycles. The largest absolute Gasteiger partial charge is 0.383 e. The van der Waals surface area contributed by atoms with E-state index in [4.69, 9.17) is 11.1 Å². The van der Waals surface area contributed by atoms with Gasteiger partial charge in [0.05, 0.1) is 5.71 Å². The van der Waals surface area contributed by atoms with E-state index in [0.717, 1.165) is 24.8 Å². The lowest BCUT2D eigenvalue weighted by molar-refractivity contribution is 0.470. The maximum atomic E-state index is 8.79. The van der Waals surface area contributed by atoms with Gasteiger partial charge in [0.25, 0.3) is 0 Å². The Morgan fingerprint density at radius 3 is 2.39 bits per heavy atom. The average Bonchev–Trinajstić information content (AvgIpc) is 2.80. The minimum Gasteiger partial charge on any atom is -0.383 e. The van der Waals surface area contributed by atoms with Crippen molar-refractivity contribution in [1.82, 2.24) is 5.32 Å². The van der Waals surface area contributed by atoms with Gasteiger partial charge in [-0.25, -0.2) is 4.99 Å². The predicted molar refractivity (Wildman–Crippen MR) is 133 cm³/mol. The van der Waals surface area contributed by atoms with E-state index in [2.05, 4.69) is 72.3 Å². The number of nitrogens with one attached hydrogen (secondary N) is 2. The van der Waals surface area contributed by atoms with Gasteiger partial charge in [-0.3, -0.25) is 10.4 Å². The summed E-state index contributed by atoms with van der Waals surface area (Å²) in [5, 5.41) is 12.3. The molecule has 0 saturated carbocycles. The standard InChI is InChI=1S/C26H35N5/c1-4-6-12-23(5-2)30-18-24(26(28)31-19-29-3)25(27)22-15-13-21(14-16-22)17-20-10-8-7-9-11-20/h7-11,13-16,19,23,27,30H,3-6,12,17-18,28H2,1-2H3/b26-24+,27-25?,31-19-. The summed E-state index contributed by atoms with van der Waals surface area (Å²) >= 11 is 0. The van der Waals surface area contributed by atoms with Gasteiger partial charge in [-0.05, 0) is 42.7 Å². The smallest absolute Gasteiger partial charge is 0.131 e. The van der Waals surface area contributed by atoms with Gasteiger partial charge in [0.1, 0.15) is 12.2 Å².